The number of nitrogens with zero attached hydrogens (tertiary/aromatic N) is 1. The summed E-state index contributed by atoms with van der Waals surface area (Å²) in [5.41, 5.74) is 1.73. The summed E-state index contributed by atoms with van der Waals surface area (Å²) >= 11 is 1.24. The van der Waals surface area contributed by atoms with E-state index in [4.69, 9.17) is 5.11 Å². The lowest BCUT2D eigenvalue weighted by Crippen LogP contribution is -2.22. The Morgan fingerprint density at radius 1 is 1.38 bits per heavy atom. The second-order valence-corrected chi connectivity index (χ2v) is 5.16. The van der Waals surface area contributed by atoms with Crippen LogP contribution in [-0.4, -0.2) is 27.2 Å². The van der Waals surface area contributed by atoms with Crippen molar-refractivity contribution in [1.29, 1.82) is 0 Å². The van der Waals surface area contributed by atoms with Gasteiger partial charge in [-0.25, -0.2) is 4.79 Å². The van der Waals surface area contributed by atoms with Gasteiger partial charge in [0.15, 0.2) is 0 Å². The van der Waals surface area contributed by atoms with Crippen LogP contribution in [0.25, 0.3) is 0 Å². The van der Waals surface area contributed by atoms with Crippen LogP contribution in [0, 0.1) is 6.92 Å². The standard InChI is InChI=1S/C14H15N3O3S/c1-8-11(13(21-2)17-14(20)15-8)12(19)16-10-5-3-9(7-18)4-6-10/h3-6,18H,7H2,1-2H3,(H,16,19)(H,15,17,20). The van der Waals surface area contributed by atoms with Crippen molar-refractivity contribution in [2.75, 3.05) is 11.6 Å². The minimum atomic E-state index is -0.472. The van der Waals surface area contributed by atoms with Crippen LogP contribution in [0.4, 0.5) is 5.69 Å². The summed E-state index contributed by atoms with van der Waals surface area (Å²) in [7, 11) is 0. The highest BCUT2D eigenvalue weighted by atomic mass is 32.2. The van der Waals surface area contributed by atoms with Crippen molar-refractivity contribution in [3.63, 3.8) is 0 Å². The lowest BCUT2D eigenvalue weighted by atomic mass is 10.2. The van der Waals surface area contributed by atoms with Gasteiger partial charge >= 0.3 is 5.69 Å². The van der Waals surface area contributed by atoms with Crippen LogP contribution in [0.2, 0.25) is 0 Å². The number of nitrogens with one attached hydrogen (secondary N) is 2. The third-order valence-corrected chi connectivity index (χ3v) is 3.58. The van der Waals surface area contributed by atoms with Crippen LogP contribution in [0.1, 0.15) is 21.6 Å². The topological polar surface area (TPSA) is 95.1 Å². The SMILES string of the molecule is CSc1nc(=O)[nH]c(C)c1C(=O)Nc1ccc(CO)cc1. The highest BCUT2D eigenvalue weighted by Gasteiger charge is 2.17. The van der Waals surface area contributed by atoms with E-state index in [0.717, 1.165) is 5.56 Å². The molecule has 2 aromatic rings. The lowest BCUT2D eigenvalue weighted by Gasteiger charge is -2.10. The van der Waals surface area contributed by atoms with Gasteiger partial charge in [-0.1, -0.05) is 12.1 Å². The van der Waals surface area contributed by atoms with Crippen molar-refractivity contribution in [2.24, 2.45) is 0 Å². The number of rotatable bonds is 4. The number of aryl methyl sites for hydroxylation is 1. The van der Waals surface area contributed by atoms with Crippen LogP contribution in [0.3, 0.4) is 0 Å². The summed E-state index contributed by atoms with van der Waals surface area (Å²) in [4.78, 5) is 30.0. The molecule has 1 aromatic heterocycles. The van der Waals surface area contributed by atoms with Crippen LogP contribution in [0.15, 0.2) is 34.1 Å². The van der Waals surface area contributed by atoms with E-state index < -0.39 is 5.69 Å². The van der Waals surface area contributed by atoms with Gasteiger partial charge in [0, 0.05) is 11.4 Å². The quantitative estimate of drug-likeness (QED) is 0.588. The lowest BCUT2D eigenvalue weighted by molar-refractivity contribution is 0.102. The number of hydrogen-bond acceptors (Lipinski definition) is 5. The molecule has 0 radical (unpaired) electrons. The van der Waals surface area contributed by atoms with Crippen LogP contribution >= 0.6 is 11.8 Å². The number of amides is 1. The number of carbonyl (C=O) groups is 1. The zero-order valence-corrected chi connectivity index (χ0v) is 12.5. The number of hydrogen-bond donors (Lipinski definition) is 3. The normalized spacial score (nSPS) is 10.4. The summed E-state index contributed by atoms with van der Waals surface area (Å²) in [6.07, 6.45) is 1.76. The molecule has 0 unspecified atom stereocenters. The van der Waals surface area contributed by atoms with E-state index in [2.05, 4.69) is 15.3 Å². The molecule has 1 heterocycles. The smallest absolute Gasteiger partial charge is 0.346 e. The molecule has 0 aliphatic rings. The number of aromatic amines is 1. The number of aromatic nitrogens is 2. The molecule has 21 heavy (non-hydrogen) atoms. The predicted molar refractivity (Wildman–Crippen MR) is 81.7 cm³/mol. The van der Waals surface area contributed by atoms with Gasteiger partial charge in [-0.2, -0.15) is 4.98 Å². The first-order valence-electron chi connectivity index (χ1n) is 6.21. The van der Waals surface area contributed by atoms with Gasteiger partial charge in [-0.3, -0.25) is 4.79 Å². The molecule has 0 saturated heterocycles. The van der Waals surface area contributed by atoms with Crippen molar-refractivity contribution in [1.82, 2.24) is 9.97 Å². The predicted octanol–water partition coefficient (Wildman–Crippen LogP) is 1.54. The summed E-state index contributed by atoms with van der Waals surface area (Å²) < 4.78 is 0. The van der Waals surface area contributed by atoms with Gasteiger partial charge < -0.3 is 15.4 Å². The molecule has 2 rings (SSSR count). The molecule has 0 spiro atoms. The molecule has 3 N–H and O–H groups in total. The van der Waals surface area contributed by atoms with Crippen molar-refractivity contribution >= 4 is 23.4 Å². The number of carbonyl (C=O) groups excluding carboxylic acids is 1. The zero-order valence-electron chi connectivity index (χ0n) is 11.6. The van der Waals surface area contributed by atoms with E-state index in [1.165, 1.54) is 11.8 Å². The zero-order chi connectivity index (χ0) is 15.4. The first kappa shape index (κ1) is 15.3. The average molecular weight is 305 g/mol. The molecular weight excluding hydrogens is 290 g/mol. The maximum absolute atomic E-state index is 12.3. The van der Waals surface area contributed by atoms with Gasteiger partial charge in [-0.05, 0) is 30.9 Å². The fourth-order valence-electron chi connectivity index (χ4n) is 1.86. The summed E-state index contributed by atoms with van der Waals surface area (Å²) in [5, 5.41) is 12.1. The summed E-state index contributed by atoms with van der Waals surface area (Å²) in [6, 6.07) is 6.86. The molecule has 110 valence electrons. The Labute approximate surface area is 125 Å². The summed E-state index contributed by atoms with van der Waals surface area (Å²) in [5.74, 6) is -0.336. The fraction of sp³-hybridized carbons (Fsp3) is 0.214. The van der Waals surface area contributed by atoms with Crippen molar-refractivity contribution in [3.8, 4) is 0 Å². The van der Waals surface area contributed by atoms with Crippen molar-refractivity contribution in [2.45, 2.75) is 18.6 Å². The molecule has 0 saturated carbocycles. The van der Waals surface area contributed by atoms with Gasteiger partial charge in [0.1, 0.15) is 5.03 Å². The number of H-pyrrole nitrogens is 1. The molecular formula is C14H15N3O3S. The minimum Gasteiger partial charge on any atom is -0.392 e. The molecule has 0 aliphatic carbocycles. The Morgan fingerprint density at radius 2 is 2.05 bits per heavy atom. The first-order valence-corrected chi connectivity index (χ1v) is 7.43. The van der Waals surface area contributed by atoms with Gasteiger partial charge in [0.25, 0.3) is 5.91 Å². The van der Waals surface area contributed by atoms with Crippen LogP contribution in [-0.2, 0) is 6.61 Å². The van der Waals surface area contributed by atoms with Crippen molar-refractivity contribution < 1.29 is 9.90 Å². The third kappa shape index (κ3) is 3.50. The molecule has 0 fully saturated rings. The number of benzene rings is 1. The molecule has 0 atom stereocenters. The maximum Gasteiger partial charge on any atom is 0.346 e. The molecule has 7 heteroatoms. The van der Waals surface area contributed by atoms with E-state index in [1.54, 1.807) is 37.4 Å². The second-order valence-electron chi connectivity index (χ2n) is 4.36. The molecule has 1 amide bonds. The van der Waals surface area contributed by atoms with Crippen molar-refractivity contribution in [3.05, 3.63) is 51.6 Å². The highest BCUT2D eigenvalue weighted by Crippen LogP contribution is 2.20. The Hall–Kier alpha value is -2.12. The van der Waals surface area contributed by atoms with E-state index >= 15 is 0 Å². The van der Waals surface area contributed by atoms with E-state index in [-0.39, 0.29) is 12.5 Å². The number of anilines is 1. The van der Waals surface area contributed by atoms with Gasteiger partial charge in [0.05, 0.1) is 12.2 Å². The largest absolute Gasteiger partial charge is 0.392 e. The Balaban J connectivity index is 2.29. The summed E-state index contributed by atoms with van der Waals surface area (Å²) in [6.45, 7) is 1.61. The van der Waals surface area contributed by atoms with E-state index in [0.29, 0.717) is 22.0 Å². The average Bonchev–Trinajstić information content (AvgIpc) is 2.46. The maximum atomic E-state index is 12.3. The van der Waals surface area contributed by atoms with Gasteiger partial charge in [0.2, 0.25) is 0 Å². The molecule has 1 aromatic carbocycles. The molecule has 0 aliphatic heterocycles. The number of aliphatic hydroxyl groups excluding tert-OH is 1. The Bertz CT molecular complexity index is 710. The van der Waals surface area contributed by atoms with Crippen LogP contribution in [0.5, 0.6) is 0 Å². The Kier molecular flexibility index (Phi) is 4.77. The number of aliphatic hydroxyl groups is 1. The third-order valence-electron chi connectivity index (χ3n) is 2.90. The molecule has 0 bridgehead atoms. The second kappa shape index (κ2) is 6.55. The first-order chi connectivity index (χ1) is 10.0. The highest BCUT2D eigenvalue weighted by molar-refractivity contribution is 7.98. The minimum absolute atomic E-state index is 0.0478. The molecule has 6 nitrogen and oxygen atoms in total. The van der Waals surface area contributed by atoms with E-state index in [1.807, 2.05) is 0 Å². The van der Waals surface area contributed by atoms with Gasteiger partial charge in [-0.15, -0.1) is 11.8 Å². The number of thioether (sulfide) groups is 1. The van der Waals surface area contributed by atoms with E-state index in [9.17, 15) is 9.59 Å². The fourth-order valence-corrected chi connectivity index (χ4v) is 2.49. The van der Waals surface area contributed by atoms with Crippen LogP contribution < -0.4 is 11.0 Å². The monoisotopic (exact) mass is 305 g/mol. The Morgan fingerprint density at radius 3 is 2.62 bits per heavy atom.